The summed E-state index contributed by atoms with van der Waals surface area (Å²) in [6.45, 7) is 1.94. The lowest BCUT2D eigenvalue weighted by molar-refractivity contribution is -0.143. The lowest BCUT2D eigenvalue weighted by atomic mass is 10.3. The van der Waals surface area contributed by atoms with Gasteiger partial charge in [-0.1, -0.05) is 11.8 Å². The van der Waals surface area contributed by atoms with Gasteiger partial charge in [-0.05, 0) is 6.92 Å². The van der Waals surface area contributed by atoms with Crippen LogP contribution in [0, 0.1) is 11.8 Å². The molecule has 0 aromatic carbocycles. The van der Waals surface area contributed by atoms with Crippen LogP contribution < -0.4 is 11.4 Å². The van der Waals surface area contributed by atoms with Crippen molar-refractivity contribution in [3.63, 3.8) is 0 Å². The van der Waals surface area contributed by atoms with E-state index in [1.165, 1.54) is 13.3 Å². The van der Waals surface area contributed by atoms with E-state index in [0.717, 1.165) is 4.57 Å². The summed E-state index contributed by atoms with van der Waals surface area (Å²) in [7, 11) is 1.51. The van der Waals surface area contributed by atoms with Crippen LogP contribution in [0.1, 0.15) is 12.5 Å². The fourth-order valence-electron chi connectivity index (χ4n) is 1.26. The molecule has 1 aromatic rings. The third-order valence-electron chi connectivity index (χ3n) is 2.07. The summed E-state index contributed by atoms with van der Waals surface area (Å²) in [5, 5.41) is 0. The van der Waals surface area contributed by atoms with Crippen LogP contribution in [0.3, 0.4) is 0 Å². The summed E-state index contributed by atoms with van der Waals surface area (Å²) in [6, 6.07) is 0. The lowest BCUT2D eigenvalue weighted by Gasteiger charge is -2.06. The standard InChI is InChI=1S/C12H15N3O4/c1-3-19-10(16)8-15-7-9(5-4-6-18-2)11(13)14-12(15)17/h7H,3,6,8H2,1-2H3,(H2,13,14,17). The lowest BCUT2D eigenvalue weighted by Crippen LogP contribution is -2.28. The Morgan fingerprint density at radius 1 is 1.58 bits per heavy atom. The first-order chi connectivity index (χ1) is 9.08. The number of carbonyl (C=O) groups is 1. The highest BCUT2D eigenvalue weighted by atomic mass is 16.5. The molecule has 2 N–H and O–H groups in total. The highest BCUT2D eigenvalue weighted by Crippen LogP contribution is 2.02. The number of nitrogen functional groups attached to an aromatic ring is 1. The second-order valence-electron chi connectivity index (χ2n) is 3.49. The maximum atomic E-state index is 11.6. The maximum Gasteiger partial charge on any atom is 0.350 e. The van der Waals surface area contributed by atoms with Gasteiger partial charge < -0.3 is 15.2 Å². The molecule has 0 fully saturated rings. The Balaban J connectivity index is 3.00. The van der Waals surface area contributed by atoms with Gasteiger partial charge in [-0.2, -0.15) is 4.98 Å². The molecule has 0 aliphatic carbocycles. The third kappa shape index (κ3) is 4.44. The second-order valence-corrected chi connectivity index (χ2v) is 3.49. The van der Waals surface area contributed by atoms with Crippen LogP contribution in [0.4, 0.5) is 5.82 Å². The zero-order valence-corrected chi connectivity index (χ0v) is 10.8. The Morgan fingerprint density at radius 2 is 2.32 bits per heavy atom. The smallest absolute Gasteiger partial charge is 0.350 e. The van der Waals surface area contributed by atoms with Crippen LogP contribution in [0.25, 0.3) is 0 Å². The zero-order valence-electron chi connectivity index (χ0n) is 10.8. The number of nitrogens with two attached hydrogens (primary N) is 1. The Hall–Kier alpha value is -2.33. The van der Waals surface area contributed by atoms with E-state index in [4.69, 9.17) is 15.2 Å². The fraction of sp³-hybridized carbons (Fsp3) is 0.417. The number of methoxy groups -OCH3 is 1. The molecule has 102 valence electrons. The van der Waals surface area contributed by atoms with Crippen molar-refractivity contribution in [1.82, 2.24) is 9.55 Å². The molecule has 19 heavy (non-hydrogen) atoms. The number of hydrogen-bond donors (Lipinski definition) is 1. The molecule has 0 unspecified atom stereocenters. The van der Waals surface area contributed by atoms with Gasteiger partial charge in [-0.25, -0.2) is 4.79 Å². The van der Waals surface area contributed by atoms with Crippen LogP contribution in [-0.2, 0) is 20.8 Å². The topological polar surface area (TPSA) is 96.4 Å². The van der Waals surface area contributed by atoms with Gasteiger partial charge in [0.1, 0.15) is 19.0 Å². The van der Waals surface area contributed by atoms with Crippen molar-refractivity contribution in [3.05, 3.63) is 22.2 Å². The number of anilines is 1. The largest absolute Gasteiger partial charge is 0.465 e. The fourth-order valence-corrected chi connectivity index (χ4v) is 1.26. The number of esters is 1. The first-order valence-electron chi connectivity index (χ1n) is 5.58. The number of ether oxygens (including phenoxy) is 2. The van der Waals surface area contributed by atoms with Crippen LogP contribution in [0.5, 0.6) is 0 Å². The molecule has 7 heteroatoms. The Bertz CT molecular complexity index is 569. The number of aromatic nitrogens is 2. The first kappa shape index (κ1) is 14.7. The monoisotopic (exact) mass is 265 g/mol. The summed E-state index contributed by atoms with van der Waals surface area (Å²) in [5.41, 5.74) is 5.32. The van der Waals surface area contributed by atoms with E-state index in [2.05, 4.69) is 16.8 Å². The molecule has 1 rings (SSSR count). The van der Waals surface area contributed by atoms with Gasteiger partial charge in [-0.3, -0.25) is 9.36 Å². The average Bonchev–Trinajstić information content (AvgIpc) is 2.35. The molecule has 0 saturated heterocycles. The number of nitrogens with zero attached hydrogens (tertiary/aromatic N) is 2. The van der Waals surface area contributed by atoms with Crippen molar-refractivity contribution in [2.24, 2.45) is 0 Å². The molecule has 0 aliphatic rings. The van der Waals surface area contributed by atoms with Crippen LogP contribution >= 0.6 is 0 Å². The molecule has 0 saturated carbocycles. The van der Waals surface area contributed by atoms with Crippen molar-refractivity contribution < 1.29 is 14.3 Å². The highest BCUT2D eigenvalue weighted by Gasteiger charge is 2.08. The van der Waals surface area contributed by atoms with Crippen molar-refractivity contribution in [2.45, 2.75) is 13.5 Å². The highest BCUT2D eigenvalue weighted by molar-refractivity contribution is 5.69. The first-order valence-corrected chi connectivity index (χ1v) is 5.58. The minimum Gasteiger partial charge on any atom is -0.465 e. The van der Waals surface area contributed by atoms with E-state index < -0.39 is 11.7 Å². The summed E-state index contributed by atoms with van der Waals surface area (Å²) in [5.74, 6) is 4.91. The number of hydrogen-bond acceptors (Lipinski definition) is 6. The van der Waals surface area contributed by atoms with E-state index in [-0.39, 0.29) is 25.6 Å². The molecule has 1 aromatic heterocycles. The van der Waals surface area contributed by atoms with Crippen LogP contribution in [-0.4, -0.2) is 35.8 Å². The van der Waals surface area contributed by atoms with Gasteiger partial charge in [0.15, 0.2) is 0 Å². The van der Waals surface area contributed by atoms with Crippen molar-refractivity contribution in [1.29, 1.82) is 0 Å². The van der Waals surface area contributed by atoms with Crippen LogP contribution in [0.15, 0.2) is 11.0 Å². The molecular weight excluding hydrogens is 250 g/mol. The Labute approximate surface area is 110 Å². The Kier molecular flexibility index (Phi) is 5.57. The predicted octanol–water partition coefficient (Wildman–Crippen LogP) is -0.613. The summed E-state index contributed by atoms with van der Waals surface area (Å²) >= 11 is 0. The van der Waals surface area contributed by atoms with Crippen molar-refractivity contribution in [2.75, 3.05) is 26.1 Å². The Morgan fingerprint density at radius 3 is 2.95 bits per heavy atom. The minimum atomic E-state index is -0.622. The molecule has 0 amide bonds. The molecule has 1 heterocycles. The molecule has 7 nitrogen and oxygen atoms in total. The van der Waals surface area contributed by atoms with E-state index in [1.54, 1.807) is 6.92 Å². The number of carbonyl (C=O) groups excluding carboxylic acids is 1. The molecular formula is C12H15N3O4. The van der Waals surface area contributed by atoms with Crippen molar-refractivity contribution in [3.8, 4) is 11.8 Å². The molecule has 0 radical (unpaired) electrons. The van der Waals surface area contributed by atoms with Gasteiger partial charge in [-0.15, -0.1) is 0 Å². The van der Waals surface area contributed by atoms with Gasteiger partial charge in [0.25, 0.3) is 0 Å². The van der Waals surface area contributed by atoms with E-state index in [9.17, 15) is 9.59 Å². The quantitative estimate of drug-likeness (QED) is 0.576. The van der Waals surface area contributed by atoms with E-state index in [0.29, 0.717) is 5.56 Å². The normalized spacial score (nSPS) is 9.58. The number of rotatable bonds is 4. The summed E-state index contributed by atoms with van der Waals surface area (Å²) in [4.78, 5) is 26.5. The maximum absolute atomic E-state index is 11.6. The minimum absolute atomic E-state index is 0.0220. The van der Waals surface area contributed by atoms with E-state index in [1.807, 2.05) is 0 Å². The molecule has 0 aliphatic heterocycles. The second kappa shape index (κ2) is 7.18. The third-order valence-corrected chi connectivity index (χ3v) is 2.07. The van der Waals surface area contributed by atoms with Gasteiger partial charge in [0.2, 0.25) is 0 Å². The van der Waals surface area contributed by atoms with Gasteiger partial charge in [0, 0.05) is 13.3 Å². The summed E-state index contributed by atoms with van der Waals surface area (Å²) < 4.78 is 10.6. The molecule has 0 spiro atoms. The average molecular weight is 265 g/mol. The molecule has 0 atom stereocenters. The summed E-state index contributed by atoms with van der Waals surface area (Å²) in [6.07, 6.45) is 1.38. The SMILES string of the molecule is CCOC(=O)Cn1cc(C#CCOC)c(N)nc1=O. The van der Waals surface area contributed by atoms with E-state index >= 15 is 0 Å². The zero-order chi connectivity index (χ0) is 14.3. The molecule has 0 bridgehead atoms. The van der Waals surface area contributed by atoms with Gasteiger partial charge >= 0.3 is 11.7 Å². The van der Waals surface area contributed by atoms with Crippen LogP contribution in [0.2, 0.25) is 0 Å². The predicted molar refractivity (Wildman–Crippen MR) is 68.3 cm³/mol. The van der Waals surface area contributed by atoms with Crippen molar-refractivity contribution >= 4 is 11.8 Å². The van der Waals surface area contributed by atoms with Gasteiger partial charge in [0.05, 0.1) is 12.2 Å².